The van der Waals surface area contributed by atoms with E-state index in [2.05, 4.69) is 11.8 Å². The molecular formula is C15H11FN2O. The Morgan fingerprint density at radius 2 is 1.74 bits per heavy atom. The number of nitrogens with one attached hydrogen (secondary N) is 1. The van der Waals surface area contributed by atoms with Crippen molar-refractivity contribution in [1.82, 2.24) is 5.43 Å². The summed E-state index contributed by atoms with van der Waals surface area (Å²) in [5.74, 6) is 10.1. The average Bonchev–Trinajstić information content (AvgIpc) is 2.45. The Bertz CT molecular complexity index is 654. The van der Waals surface area contributed by atoms with Gasteiger partial charge in [0.05, 0.1) is 0 Å². The Morgan fingerprint density at radius 3 is 2.37 bits per heavy atom. The number of hydrazine groups is 1. The van der Waals surface area contributed by atoms with Gasteiger partial charge in [-0.25, -0.2) is 10.2 Å². The molecule has 0 saturated carbocycles. The van der Waals surface area contributed by atoms with Crippen molar-refractivity contribution in [3.8, 4) is 11.8 Å². The van der Waals surface area contributed by atoms with Gasteiger partial charge in [0.15, 0.2) is 0 Å². The smallest absolute Gasteiger partial charge is 0.265 e. The lowest BCUT2D eigenvalue weighted by Gasteiger charge is -1.98. The van der Waals surface area contributed by atoms with Crippen molar-refractivity contribution in [3.63, 3.8) is 0 Å². The molecule has 0 fully saturated rings. The first-order chi connectivity index (χ1) is 9.19. The standard InChI is InChI=1S/C15H11FN2O/c16-14-3-1-2-12(10-14)5-4-11-6-8-13(9-7-11)15(19)18-17/h1-3,6-10H,17H2,(H,18,19). The Labute approximate surface area is 110 Å². The van der Waals surface area contributed by atoms with Gasteiger partial charge in [0, 0.05) is 16.7 Å². The Morgan fingerprint density at radius 1 is 1.05 bits per heavy atom. The first-order valence-corrected chi connectivity index (χ1v) is 5.57. The highest BCUT2D eigenvalue weighted by Crippen LogP contribution is 2.05. The second-order valence-electron chi connectivity index (χ2n) is 3.81. The van der Waals surface area contributed by atoms with Crippen LogP contribution in [0.3, 0.4) is 0 Å². The Hall–Kier alpha value is -2.64. The van der Waals surface area contributed by atoms with E-state index < -0.39 is 0 Å². The largest absolute Gasteiger partial charge is 0.290 e. The molecule has 0 bridgehead atoms. The van der Waals surface area contributed by atoms with E-state index in [-0.39, 0.29) is 11.7 Å². The van der Waals surface area contributed by atoms with E-state index in [0.29, 0.717) is 11.1 Å². The van der Waals surface area contributed by atoms with Gasteiger partial charge in [0.1, 0.15) is 5.82 Å². The summed E-state index contributed by atoms with van der Waals surface area (Å²) in [5, 5.41) is 0. The van der Waals surface area contributed by atoms with Crippen molar-refractivity contribution in [1.29, 1.82) is 0 Å². The highest BCUT2D eigenvalue weighted by atomic mass is 19.1. The van der Waals surface area contributed by atoms with Crippen LogP contribution in [0.25, 0.3) is 0 Å². The highest BCUT2D eigenvalue weighted by Gasteiger charge is 2.01. The number of nitrogen functional groups attached to an aromatic ring is 1. The van der Waals surface area contributed by atoms with Crippen molar-refractivity contribution < 1.29 is 9.18 Å². The third-order valence-corrected chi connectivity index (χ3v) is 2.45. The predicted molar refractivity (Wildman–Crippen MR) is 70.5 cm³/mol. The molecule has 1 amide bonds. The zero-order chi connectivity index (χ0) is 13.7. The van der Waals surface area contributed by atoms with Gasteiger partial charge in [0.25, 0.3) is 5.91 Å². The summed E-state index contributed by atoms with van der Waals surface area (Å²) in [6.45, 7) is 0. The fourth-order valence-corrected chi connectivity index (χ4v) is 1.50. The molecule has 0 saturated heterocycles. The lowest BCUT2D eigenvalue weighted by Crippen LogP contribution is -2.29. The number of carbonyl (C=O) groups is 1. The summed E-state index contributed by atoms with van der Waals surface area (Å²) in [7, 11) is 0. The first kappa shape index (κ1) is 12.8. The normalized spacial score (nSPS) is 9.37. The number of amides is 1. The van der Waals surface area contributed by atoms with Crippen LogP contribution >= 0.6 is 0 Å². The Balaban J connectivity index is 2.19. The van der Waals surface area contributed by atoms with E-state index in [4.69, 9.17) is 5.84 Å². The highest BCUT2D eigenvalue weighted by molar-refractivity contribution is 5.93. The fraction of sp³-hybridized carbons (Fsp3) is 0. The van der Waals surface area contributed by atoms with Gasteiger partial charge in [-0.1, -0.05) is 17.9 Å². The van der Waals surface area contributed by atoms with E-state index in [1.807, 2.05) is 5.43 Å². The zero-order valence-corrected chi connectivity index (χ0v) is 9.98. The third kappa shape index (κ3) is 3.41. The van der Waals surface area contributed by atoms with Crippen LogP contribution in [0.5, 0.6) is 0 Å². The molecule has 0 aromatic heterocycles. The number of rotatable bonds is 1. The van der Waals surface area contributed by atoms with E-state index in [9.17, 15) is 9.18 Å². The van der Waals surface area contributed by atoms with Gasteiger partial charge in [-0.05, 0) is 42.5 Å². The van der Waals surface area contributed by atoms with Crippen molar-refractivity contribution in [3.05, 3.63) is 71.0 Å². The van der Waals surface area contributed by atoms with Crippen LogP contribution in [0.15, 0.2) is 48.5 Å². The summed E-state index contributed by atoms with van der Waals surface area (Å²) in [5.41, 5.74) is 3.84. The van der Waals surface area contributed by atoms with Gasteiger partial charge in [0.2, 0.25) is 0 Å². The van der Waals surface area contributed by atoms with Crippen molar-refractivity contribution >= 4 is 5.91 Å². The van der Waals surface area contributed by atoms with E-state index >= 15 is 0 Å². The lowest BCUT2D eigenvalue weighted by atomic mass is 10.1. The molecule has 19 heavy (non-hydrogen) atoms. The van der Waals surface area contributed by atoms with Crippen LogP contribution in [-0.2, 0) is 0 Å². The lowest BCUT2D eigenvalue weighted by molar-refractivity contribution is 0.0953. The molecule has 94 valence electrons. The summed E-state index contributed by atoms with van der Waals surface area (Å²) in [6, 6.07) is 12.7. The monoisotopic (exact) mass is 254 g/mol. The maximum absolute atomic E-state index is 12.9. The first-order valence-electron chi connectivity index (χ1n) is 5.57. The van der Waals surface area contributed by atoms with Gasteiger partial charge in [-0.15, -0.1) is 0 Å². The maximum atomic E-state index is 12.9. The van der Waals surface area contributed by atoms with Crippen LogP contribution in [0.4, 0.5) is 4.39 Å². The quantitative estimate of drug-likeness (QED) is 0.353. The molecule has 3 nitrogen and oxygen atoms in total. The second kappa shape index (κ2) is 5.80. The van der Waals surface area contributed by atoms with Gasteiger partial charge in [-0.2, -0.15) is 0 Å². The summed E-state index contributed by atoms with van der Waals surface area (Å²) in [4.78, 5) is 11.2. The fourth-order valence-electron chi connectivity index (χ4n) is 1.50. The summed E-state index contributed by atoms with van der Waals surface area (Å²) in [6.07, 6.45) is 0. The molecule has 0 heterocycles. The van der Waals surface area contributed by atoms with E-state index in [1.165, 1.54) is 12.1 Å². The number of hydrogen-bond acceptors (Lipinski definition) is 2. The zero-order valence-electron chi connectivity index (χ0n) is 9.98. The molecule has 2 aromatic rings. The van der Waals surface area contributed by atoms with Gasteiger partial charge >= 0.3 is 0 Å². The van der Waals surface area contributed by atoms with Crippen molar-refractivity contribution in [2.75, 3.05) is 0 Å². The van der Waals surface area contributed by atoms with Crippen molar-refractivity contribution in [2.45, 2.75) is 0 Å². The van der Waals surface area contributed by atoms with Crippen LogP contribution < -0.4 is 11.3 Å². The second-order valence-corrected chi connectivity index (χ2v) is 3.81. The van der Waals surface area contributed by atoms with E-state index in [0.717, 1.165) is 5.56 Å². The van der Waals surface area contributed by atoms with E-state index in [1.54, 1.807) is 36.4 Å². The van der Waals surface area contributed by atoms with Crippen LogP contribution in [0, 0.1) is 17.7 Å². The SMILES string of the molecule is NNC(=O)c1ccc(C#Cc2cccc(F)c2)cc1. The maximum Gasteiger partial charge on any atom is 0.265 e. The molecule has 0 atom stereocenters. The number of carbonyl (C=O) groups excluding carboxylic acids is 1. The number of benzene rings is 2. The number of hydrogen-bond donors (Lipinski definition) is 2. The molecule has 0 aliphatic heterocycles. The minimum absolute atomic E-state index is 0.318. The van der Waals surface area contributed by atoms with Crippen LogP contribution in [0.2, 0.25) is 0 Å². The summed E-state index contributed by atoms with van der Waals surface area (Å²) >= 11 is 0. The molecule has 2 rings (SSSR count). The minimum Gasteiger partial charge on any atom is -0.290 e. The van der Waals surface area contributed by atoms with Gasteiger partial charge in [-0.3, -0.25) is 10.2 Å². The predicted octanol–water partition coefficient (Wildman–Crippen LogP) is 1.83. The topological polar surface area (TPSA) is 55.1 Å². The molecule has 0 spiro atoms. The van der Waals surface area contributed by atoms with Crippen molar-refractivity contribution in [2.24, 2.45) is 5.84 Å². The molecule has 3 N–H and O–H groups in total. The molecule has 0 radical (unpaired) electrons. The van der Waals surface area contributed by atoms with Crippen LogP contribution in [-0.4, -0.2) is 5.91 Å². The number of nitrogens with two attached hydrogens (primary N) is 1. The molecular weight excluding hydrogens is 243 g/mol. The molecule has 4 heteroatoms. The summed E-state index contributed by atoms with van der Waals surface area (Å²) < 4.78 is 12.9. The minimum atomic E-state index is -0.357. The molecule has 0 aliphatic rings. The third-order valence-electron chi connectivity index (χ3n) is 2.45. The molecule has 0 unspecified atom stereocenters. The van der Waals surface area contributed by atoms with Crippen LogP contribution in [0.1, 0.15) is 21.5 Å². The number of halogens is 1. The molecule has 0 aliphatic carbocycles. The average molecular weight is 254 g/mol. The Kier molecular flexibility index (Phi) is 3.91. The van der Waals surface area contributed by atoms with Gasteiger partial charge < -0.3 is 0 Å². The molecule has 2 aromatic carbocycles.